The van der Waals surface area contributed by atoms with Gasteiger partial charge >= 0.3 is 0 Å². The summed E-state index contributed by atoms with van der Waals surface area (Å²) in [6.07, 6.45) is 1.80. The smallest absolute Gasteiger partial charge is 0.251 e. The minimum Gasteiger partial charge on any atom is -0.486 e. The lowest BCUT2D eigenvalue weighted by Gasteiger charge is -2.22. The van der Waals surface area contributed by atoms with Gasteiger partial charge in [0.1, 0.15) is 13.2 Å². The summed E-state index contributed by atoms with van der Waals surface area (Å²) in [5, 5.41) is 2.95. The van der Waals surface area contributed by atoms with Gasteiger partial charge in [-0.2, -0.15) is 0 Å². The van der Waals surface area contributed by atoms with Gasteiger partial charge in [-0.25, -0.2) is 8.42 Å². The summed E-state index contributed by atoms with van der Waals surface area (Å²) in [5.41, 5.74) is 1.22. The first-order chi connectivity index (χ1) is 12.4. The number of benzene rings is 2. The highest BCUT2D eigenvalue weighted by Gasteiger charge is 2.19. The number of fused-ring (bicyclic) bond motifs is 1. The van der Waals surface area contributed by atoms with Gasteiger partial charge in [0.15, 0.2) is 21.3 Å². The van der Waals surface area contributed by atoms with Crippen molar-refractivity contribution in [2.45, 2.75) is 24.3 Å². The standard InChI is InChI=1S/C19H21NO5S/c1-3-16(13-7-8-17-18(12-13)25-10-9-24-17)20-19(21)14-5-4-6-15(11-14)26(2,22)23/h4-8,11-12,16H,3,9-10H2,1-2H3,(H,20,21). The number of hydrogen-bond donors (Lipinski definition) is 1. The van der Waals surface area contributed by atoms with Crippen molar-refractivity contribution in [3.05, 3.63) is 53.6 Å². The van der Waals surface area contributed by atoms with Gasteiger partial charge in [0.25, 0.3) is 5.91 Å². The largest absolute Gasteiger partial charge is 0.486 e. The van der Waals surface area contributed by atoms with E-state index in [0.717, 1.165) is 11.8 Å². The van der Waals surface area contributed by atoms with E-state index in [2.05, 4.69) is 5.32 Å². The Morgan fingerprint density at radius 3 is 2.54 bits per heavy atom. The summed E-state index contributed by atoms with van der Waals surface area (Å²) in [7, 11) is -3.37. The Bertz CT molecular complexity index is 923. The zero-order valence-corrected chi connectivity index (χ0v) is 15.5. The molecule has 7 heteroatoms. The predicted octanol–water partition coefficient (Wildman–Crippen LogP) is 2.74. The topological polar surface area (TPSA) is 81.7 Å². The molecule has 0 bridgehead atoms. The maximum absolute atomic E-state index is 12.6. The molecule has 1 N–H and O–H groups in total. The van der Waals surface area contributed by atoms with Crippen LogP contribution in [-0.2, 0) is 9.84 Å². The van der Waals surface area contributed by atoms with Crippen molar-refractivity contribution in [2.24, 2.45) is 0 Å². The van der Waals surface area contributed by atoms with Gasteiger partial charge in [-0.05, 0) is 42.3 Å². The molecule has 0 saturated heterocycles. The van der Waals surface area contributed by atoms with Crippen LogP contribution in [-0.4, -0.2) is 33.8 Å². The molecule has 0 aliphatic carbocycles. The Hall–Kier alpha value is -2.54. The molecule has 0 aromatic heterocycles. The Kier molecular flexibility index (Phi) is 5.18. The van der Waals surface area contributed by atoms with Crippen LogP contribution in [0.5, 0.6) is 11.5 Å². The van der Waals surface area contributed by atoms with E-state index in [4.69, 9.17) is 9.47 Å². The van der Waals surface area contributed by atoms with Crippen LogP contribution in [0, 0.1) is 0 Å². The van der Waals surface area contributed by atoms with Crippen LogP contribution in [0.3, 0.4) is 0 Å². The van der Waals surface area contributed by atoms with Gasteiger partial charge < -0.3 is 14.8 Å². The lowest BCUT2D eigenvalue weighted by atomic mass is 10.0. The van der Waals surface area contributed by atoms with Crippen molar-refractivity contribution >= 4 is 15.7 Å². The van der Waals surface area contributed by atoms with Crippen molar-refractivity contribution in [1.29, 1.82) is 0 Å². The second-order valence-corrected chi connectivity index (χ2v) is 8.15. The molecule has 1 amide bonds. The number of ether oxygens (including phenoxy) is 2. The molecule has 1 aliphatic rings. The number of carbonyl (C=O) groups excluding carboxylic acids is 1. The van der Waals surface area contributed by atoms with E-state index in [1.807, 2.05) is 25.1 Å². The molecule has 26 heavy (non-hydrogen) atoms. The molecule has 1 atom stereocenters. The van der Waals surface area contributed by atoms with Gasteiger partial charge in [0.05, 0.1) is 10.9 Å². The van der Waals surface area contributed by atoms with Crippen LogP contribution >= 0.6 is 0 Å². The molecule has 0 spiro atoms. The second kappa shape index (κ2) is 7.37. The normalized spacial score (nSPS) is 14.5. The predicted molar refractivity (Wildman–Crippen MR) is 97.5 cm³/mol. The van der Waals surface area contributed by atoms with E-state index in [1.54, 1.807) is 12.1 Å². The van der Waals surface area contributed by atoms with Crippen LogP contribution in [0.25, 0.3) is 0 Å². The number of nitrogens with one attached hydrogen (secondary N) is 1. The minimum atomic E-state index is -3.37. The van der Waals surface area contributed by atoms with Gasteiger partial charge in [-0.3, -0.25) is 4.79 Å². The summed E-state index contributed by atoms with van der Waals surface area (Å²) in [6.45, 7) is 2.99. The Balaban J connectivity index is 1.81. The number of hydrogen-bond acceptors (Lipinski definition) is 5. The highest BCUT2D eigenvalue weighted by molar-refractivity contribution is 7.90. The van der Waals surface area contributed by atoms with Crippen molar-refractivity contribution in [3.63, 3.8) is 0 Å². The minimum absolute atomic E-state index is 0.123. The Morgan fingerprint density at radius 1 is 1.12 bits per heavy atom. The number of sulfone groups is 1. The third-order valence-electron chi connectivity index (χ3n) is 4.21. The van der Waals surface area contributed by atoms with Crippen LogP contribution in [0.2, 0.25) is 0 Å². The highest BCUT2D eigenvalue weighted by atomic mass is 32.2. The van der Waals surface area contributed by atoms with Crippen molar-refractivity contribution in [3.8, 4) is 11.5 Å². The molecule has 1 aliphatic heterocycles. The van der Waals surface area contributed by atoms with Crippen LogP contribution in [0.15, 0.2) is 47.4 Å². The first kappa shape index (κ1) is 18.3. The molecule has 0 fully saturated rings. The molecule has 0 radical (unpaired) electrons. The fourth-order valence-electron chi connectivity index (χ4n) is 2.81. The van der Waals surface area contributed by atoms with E-state index in [9.17, 15) is 13.2 Å². The molecule has 138 valence electrons. The van der Waals surface area contributed by atoms with Crippen molar-refractivity contribution < 1.29 is 22.7 Å². The molecular formula is C19H21NO5S. The van der Waals surface area contributed by atoms with Crippen LogP contribution in [0.4, 0.5) is 0 Å². The first-order valence-electron chi connectivity index (χ1n) is 8.39. The lowest BCUT2D eigenvalue weighted by molar-refractivity contribution is 0.0935. The number of amides is 1. The average Bonchev–Trinajstić information content (AvgIpc) is 2.65. The van der Waals surface area contributed by atoms with Gasteiger partial charge in [0.2, 0.25) is 0 Å². The van der Waals surface area contributed by atoms with E-state index < -0.39 is 9.84 Å². The fraction of sp³-hybridized carbons (Fsp3) is 0.316. The first-order valence-corrected chi connectivity index (χ1v) is 10.3. The average molecular weight is 375 g/mol. The van der Waals surface area contributed by atoms with Gasteiger partial charge in [0, 0.05) is 11.8 Å². The number of carbonyl (C=O) groups is 1. The van der Waals surface area contributed by atoms with E-state index in [0.29, 0.717) is 36.7 Å². The monoisotopic (exact) mass is 375 g/mol. The summed E-state index contributed by atoms with van der Waals surface area (Å²) in [4.78, 5) is 12.7. The zero-order chi connectivity index (χ0) is 18.7. The van der Waals surface area contributed by atoms with Gasteiger partial charge in [-0.1, -0.05) is 19.1 Å². The van der Waals surface area contributed by atoms with Crippen molar-refractivity contribution in [2.75, 3.05) is 19.5 Å². The summed E-state index contributed by atoms with van der Waals surface area (Å²) < 4.78 is 34.5. The molecule has 2 aromatic carbocycles. The second-order valence-electron chi connectivity index (χ2n) is 6.14. The molecule has 6 nitrogen and oxygen atoms in total. The Labute approximate surface area is 153 Å². The summed E-state index contributed by atoms with van der Waals surface area (Å²) in [5.74, 6) is 1.04. The molecule has 0 saturated carbocycles. The zero-order valence-electron chi connectivity index (χ0n) is 14.7. The maximum atomic E-state index is 12.6. The third kappa shape index (κ3) is 3.99. The van der Waals surface area contributed by atoms with Gasteiger partial charge in [-0.15, -0.1) is 0 Å². The quantitative estimate of drug-likeness (QED) is 0.869. The highest BCUT2D eigenvalue weighted by Crippen LogP contribution is 2.33. The van der Waals surface area contributed by atoms with Crippen LogP contribution in [0.1, 0.15) is 35.3 Å². The number of rotatable bonds is 5. The summed E-state index contributed by atoms with van der Waals surface area (Å²) in [6, 6.07) is 11.4. The molecule has 2 aromatic rings. The SMILES string of the molecule is CCC(NC(=O)c1cccc(S(C)(=O)=O)c1)c1ccc2c(c1)OCCO2. The van der Waals surface area contributed by atoms with E-state index in [1.165, 1.54) is 12.1 Å². The van der Waals surface area contributed by atoms with Crippen LogP contribution < -0.4 is 14.8 Å². The van der Waals surface area contributed by atoms with E-state index >= 15 is 0 Å². The van der Waals surface area contributed by atoms with E-state index in [-0.39, 0.29) is 16.8 Å². The molecule has 3 rings (SSSR count). The third-order valence-corrected chi connectivity index (χ3v) is 5.32. The molecular weight excluding hydrogens is 354 g/mol. The molecule has 1 heterocycles. The van der Waals surface area contributed by atoms with Crippen molar-refractivity contribution in [1.82, 2.24) is 5.32 Å². The summed E-state index contributed by atoms with van der Waals surface area (Å²) >= 11 is 0. The maximum Gasteiger partial charge on any atom is 0.251 e. The lowest BCUT2D eigenvalue weighted by Crippen LogP contribution is -2.28. The Morgan fingerprint density at radius 2 is 1.85 bits per heavy atom. The molecule has 1 unspecified atom stereocenters. The fourth-order valence-corrected chi connectivity index (χ4v) is 3.47.